The molecule has 0 radical (unpaired) electrons. The molecule has 0 aliphatic rings. The number of para-hydroxylation sites is 2. The molecule has 4 heteroatoms. The van der Waals surface area contributed by atoms with Gasteiger partial charge in [-0.15, -0.1) is 0 Å². The number of methoxy groups -OCH3 is 1. The lowest BCUT2D eigenvalue weighted by molar-refractivity contribution is -0.119. The number of hydrogen-bond acceptors (Lipinski definition) is 3. The highest BCUT2D eigenvalue weighted by atomic mass is 16.5. The maximum Gasteiger partial charge on any atom is 0.250 e. The third-order valence-electron chi connectivity index (χ3n) is 3.40. The van der Waals surface area contributed by atoms with E-state index in [1.54, 1.807) is 6.20 Å². The molecule has 4 nitrogen and oxygen atoms in total. The highest BCUT2D eigenvalue weighted by molar-refractivity contribution is 6.01. The molecule has 0 unspecified atom stereocenters. The number of aromatic nitrogens is 1. The summed E-state index contributed by atoms with van der Waals surface area (Å²) in [4.78, 5) is 16.3. The lowest BCUT2D eigenvalue weighted by atomic mass is 10.0. The first-order valence-corrected chi connectivity index (χ1v) is 7.01. The van der Waals surface area contributed by atoms with Crippen molar-refractivity contribution in [1.82, 2.24) is 4.98 Å². The summed E-state index contributed by atoms with van der Waals surface area (Å²) in [6, 6.07) is 17.7. The van der Waals surface area contributed by atoms with Gasteiger partial charge in [0.2, 0.25) is 5.91 Å². The third-order valence-corrected chi connectivity index (χ3v) is 3.40. The third kappa shape index (κ3) is 2.82. The summed E-state index contributed by atoms with van der Waals surface area (Å²) in [5.41, 5.74) is 3.60. The fourth-order valence-electron chi connectivity index (χ4n) is 2.47. The molecule has 1 N–H and O–H groups in total. The molecular weight excluding hydrogens is 276 g/mol. The molecule has 3 aromatic rings. The van der Waals surface area contributed by atoms with Crippen LogP contribution in [0.1, 0.15) is 0 Å². The van der Waals surface area contributed by atoms with Crippen molar-refractivity contribution in [3.8, 4) is 11.1 Å². The highest BCUT2D eigenvalue weighted by Gasteiger charge is 2.11. The van der Waals surface area contributed by atoms with Gasteiger partial charge in [-0.25, -0.2) is 0 Å². The minimum atomic E-state index is -0.178. The van der Waals surface area contributed by atoms with E-state index in [-0.39, 0.29) is 12.5 Å². The topological polar surface area (TPSA) is 51.2 Å². The second kappa shape index (κ2) is 6.37. The molecule has 0 saturated carbocycles. The fourth-order valence-corrected chi connectivity index (χ4v) is 2.47. The van der Waals surface area contributed by atoms with Crippen molar-refractivity contribution in [3.63, 3.8) is 0 Å². The predicted molar refractivity (Wildman–Crippen MR) is 87.7 cm³/mol. The van der Waals surface area contributed by atoms with E-state index >= 15 is 0 Å². The van der Waals surface area contributed by atoms with E-state index in [9.17, 15) is 4.79 Å². The number of ether oxygens (including phenoxy) is 1. The molecule has 0 atom stereocenters. The molecule has 0 spiro atoms. The first kappa shape index (κ1) is 14.2. The Balaban J connectivity index is 2.09. The average Bonchev–Trinajstić information content (AvgIpc) is 2.55. The van der Waals surface area contributed by atoms with Crippen molar-refractivity contribution >= 4 is 22.5 Å². The zero-order valence-corrected chi connectivity index (χ0v) is 12.2. The van der Waals surface area contributed by atoms with Crippen molar-refractivity contribution in [2.24, 2.45) is 0 Å². The zero-order chi connectivity index (χ0) is 15.4. The number of pyridine rings is 1. The fraction of sp³-hybridized carbons (Fsp3) is 0.111. The summed E-state index contributed by atoms with van der Waals surface area (Å²) in [6.45, 7) is 0.0299. The summed E-state index contributed by atoms with van der Waals surface area (Å²) in [5, 5.41) is 3.95. The molecular formula is C18H16N2O2. The number of benzene rings is 2. The van der Waals surface area contributed by atoms with Gasteiger partial charge < -0.3 is 10.1 Å². The molecule has 3 rings (SSSR count). The van der Waals surface area contributed by atoms with Crippen LogP contribution in [0.5, 0.6) is 0 Å². The largest absolute Gasteiger partial charge is 0.375 e. The van der Waals surface area contributed by atoms with Crippen LogP contribution in [0.4, 0.5) is 5.69 Å². The SMILES string of the molecule is COCC(=O)Nc1ccccc1-c1cccc2cccnc12. The van der Waals surface area contributed by atoms with Crippen LogP contribution in [0.2, 0.25) is 0 Å². The molecule has 22 heavy (non-hydrogen) atoms. The Bertz CT molecular complexity index is 810. The van der Waals surface area contributed by atoms with Crippen LogP contribution in [-0.2, 0) is 9.53 Å². The van der Waals surface area contributed by atoms with Crippen LogP contribution < -0.4 is 5.32 Å². The van der Waals surface area contributed by atoms with E-state index in [2.05, 4.69) is 10.3 Å². The standard InChI is InChI=1S/C18H16N2O2/c1-22-12-17(21)20-16-10-3-2-8-14(16)15-9-4-6-13-7-5-11-19-18(13)15/h2-11H,12H2,1H3,(H,20,21). The zero-order valence-electron chi connectivity index (χ0n) is 12.2. The summed E-state index contributed by atoms with van der Waals surface area (Å²) in [6.07, 6.45) is 1.78. The number of fused-ring (bicyclic) bond motifs is 1. The van der Waals surface area contributed by atoms with Crippen molar-refractivity contribution in [3.05, 3.63) is 60.8 Å². The second-order valence-electron chi connectivity index (χ2n) is 4.91. The van der Waals surface area contributed by atoms with E-state index in [4.69, 9.17) is 4.74 Å². The molecule has 0 aliphatic carbocycles. The van der Waals surface area contributed by atoms with Crippen molar-refractivity contribution < 1.29 is 9.53 Å². The first-order valence-electron chi connectivity index (χ1n) is 7.01. The van der Waals surface area contributed by atoms with Crippen LogP contribution in [0.15, 0.2) is 60.8 Å². The van der Waals surface area contributed by atoms with E-state index in [0.717, 1.165) is 27.7 Å². The summed E-state index contributed by atoms with van der Waals surface area (Å²) in [5.74, 6) is -0.178. The summed E-state index contributed by atoms with van der Waals surface area (Å²) >= 11 is 0. The van der Waals surface area contributed by atoms with Gasteiger partial charge >= 0.3 is 0 Å². The molecule has 0 aliphatic heterocycles. The number of carbonyl (C=O) groups is 1. The molecule has 0 saturated heterocycles. The number of amides is 1. The molecule has 110 valence electrons. The Morgan fingerprint density at radius 1 is 1.05 bits per heavy atom. The van der Waals surface area contributed by atoms with Crippen LogP contribution in [0.25, 0.3) is 22.0 Å². The highest BCUT2D eigenvalue weighted by Crippen LogP contribution is 2.32. The van der Waals surface area contributed by atoms with Gasteiger partial charge in [-0.2, -0.15) is 0 Å². The molecule has 1 amide bonds. The average molecular weight is 292 g/mol. The lowest BCUT2D eigenvalue weighted by Gasteiger charge is -2.12. The Morgan fingerprint density at radius 2 is 1.82 bits per heavy atom. The van der Waals surface area contributed by atoms with Gasteiger partial charge in [0.25, 0.3) is 0 Å². The van der Waals surface area contributed by atoms with E-state index in [0.29, 0.717) is 0 Å². The van der Waals surface area contributed by atoms with Gasteiger partial charge in [0.05, 0.1) is 5.52 Å². The smallest absolute Gasteiger partial charge is 0.250 e. The van der Waals surface area contributed by atoms with E-state index < -0.39 is 0 Å². The predicted octanol–water partition coefficient (Wildman–Crippen LogP) is 3.49. The van der Waals surface area contributed by atoms with Crippen molar-refractivity contribution in [2.75, 3.05) is 19.0 Å². The lowest BCUT2D eigenvalue weighted by Crippen LogP contribution is -2.17. The maximum absolute atomic E-state index is 11.8. The van der Waals surface area contributed by atoms with Gasteiger partial charge in [-0.3, -0.25) is 9.78 Å². The van der Waals surface area contributed by atoms with Crippen molar-refractivity contribution in [1.29, 1.82) is 0 Å². The first-order chi connectivity index (χ1) is 10.8. The molecule has 2 aromatic carbocycles. The normalized spacial score (nSPS) is 10.6. The monoisotopic (exact) mass is 292 g/mol. The van der Waals surface area contributed by atoms with Crippen LogP contribution in [-0.4, -0.2) is 24.6 Å². The minimum absolute atomic E-state index is 0.0299. The Morgan fingerprint density at radius 3 is 2.68 bits per heavy atom. The second-order valence-corrected chi connectivity index (χ2v) is 4.91. The number of nitrogens with zero attached hydrogens (tertiary/aromatic N) is 1. The van der Waals surface area contributed by atoms with Crippen LogP contribution >= 0.6 is 0 Å². The number of carbonyl (C=O) groups excluding carboxylic acids is 1. The molecule has 1 aromatic heterocycles. The van der Waals surface area contributed by atoms with Gasteiger partial charge in [-0.1, -0.05) is 42.5 Å². The number of nitrogens with one attached hydrogen (secondary N) is 1. The van der Waals surface area contributed by atoms with E-state index in [1.165, 1.54) is 7.11 Å². The maximum atomic E-state index is 11.8. The van der Waals surface area contributed by atoms with E-state index in [1.807, 2.05) is 54.6 Å². The Kier molecular flexibility index (Phi) is 4.12. The van der Waals surface area contributed by atoms with Gasteiger partial charge in [0.15, 0.2) is 0 Å². The van der Waals surface area contributed by atoms with Gasteiger partial charge in [0.1, 0.15) is 6.61 Å². The van der Waals surface area contributed by atoms with Gasteiger partial charge in [-0.05, 0) is 12.1 Å². The number of hydrogen-bond donors (Lipinski definition) is 1. The molecule has 0 bridgehead atoms. The van der Waals surface area contributed by atoms with Crippen LogP contribution in [0.3, 0.4) is 0 Å². The van der Waals surface area contributed by atoms with Crippen molar-refractivity contribution in [2.45, 2.75) is 0 Å². The molecule has 0 fully saturated rings. The van der Waals surface area contributed by atoms with Crippen LogP contribution in [0, 0.1) is 0 Å². The summed E-state index contributed by atoms with van der Waals surface area (Å²) < 4.78 is 4.87. The Labute approximate surface area is 128 Å². The number of rotatable bonds is 4. The quantitative estimate of drug-likeness (QED) is 0.801. The number of anilines is 1. The summed E-state index contributed by atoms with van der Waals surface area (Å²) in [7, 11) is 1.50. The van der Waals surface area contributed by atoms with Gasteiger partial charge in [0, 0.05) is 35.5 Å². The minimum Gasteiger partial charge on any atom is -0.375 e. The Hall–Kier alpha value is -2.72. The molecule has 1 heterocycles.